The molecule has 15 heavy (non-hydrogen) atoms. The summed E-state index contributed by atoms with van der Waals surface area (Å²) in [6, 6.07) is 3.86. The molecule has 0 aliphatic rings. The molecule has 0 aromatic carbocycles. The van der Waals surface area contributed by atoms with Gasteiger partial charge in [0.05, 0.1) is 5.60 Å². The van der Waals surface area contributed by atoms with E-state index in [1.165, 1.54) is 0 Å². The summed E-state index contributed by atoms with van der Waals surface area (Å²) in [5.74, 6) is 1.71. The van der Waals surface area contributed by atoms with Crippen LogP contribution in [-0.4, -0.2) is 12.1 Å². The van der Waals surface area contributed by atoms with Crippen LogP contribution in [0.1, 0.15) is 44.8 Å². The molecule has 3 heteroatoms. The van der Waals surface area contributed by atoms with Crippen LogP contribution in [0, 0.1) is 6.92 Å². The molecule has 1 aromatic rings. The van der Waals surface area contributed by atoms with Crippen LogP contribution in [0.15, 0.2) is 16.5 Å². The third-order valence-electron chi connectivity index (χ3n) is 2.61. The summed E-state index contributed by atoms with van der Waals surface area (Å²) in [7, 11) is 0. The molecule has 3 nitrogen and oxygen atoms in total. The Kier molecular flexibility index (Phi) is 3.94. The molecule has 0 fully saturated rings. The minimum atomic E-state index is -0.162. The van der Waals surface area contributed by atoms with E-state index in [0.717, 1.165) is 17.9 Å². The molecular formula is C12H21NO2. The van der Waals surface area contributed by atoms with Gasteiger partial charge in [-0.1, -0.05) is 6.92 Å². The van der Waals surface area contributed by atoms with Crippen LogP contribution in [0.25, 0.3) is 0 Å². The summed E-state index contributed by atoms with van der Waals surface area (Å²) < 4.78 is 11.4. The van der Waals surface area contributed by atoms with Gasteiger partial charge in [-0.3, -0.25) is 0 Å². The molecule has 0 saturated heterocycles. The fourth-order valence-corrected chi connectivity index (χ4v) is 1.32. The molecule has 1 unspecified atom stereocenters. The van der Waals surface area contributed by atoms with Gasteiger partial charge in [-0.2, -0.15) is 0 Å². The van der Waals surface area contributed by atoms with Crippen molar-refractivity contribution >= 4 is 0 Å². The van der Waals surface area contributed by atoms with E-state index >= 15 is 0 Å². The summed E-state index contributed by atoms with van der Waals surface area (Å²) in [5, 5.41) is 0. The summed E-state index contributed by atoms with van der Waals surface area (Å²) in [4.78, 5) is 0. The highest BCUT2D eigenvalue weighted by molar-refractivity contribution is 5.08. The molecule has 2 N–H and O–H groups in total. The second kappa shape index (κ2) is 4.81. The van der Waals surface area contributed by atoms with Gasteiger partial charge < -0.3 is 14.9 Å². The van der Waals surface area contributed by atoms with Gasteiger partial charge in [-0.25, -0.2) is 0 Å². The molecule has 86 valence electrons. The van der Waals surface area contributed by atoms with Gasteiger partial charge in [0.15, 0.2) is 0 Å². The summed E-state index contributed by atoms with van der Waals surface area (Å²) in [6.45, 7) is 8.58. The van der Waals surface area contributed by atoms with Crippen molar-refractivity contribution in [3.05, 3.63) is 23.7 Å². The van der Waals surface area contributed by atoms with E-state index in [4.69, 9.17) is 14.9 Å². The van der Waals surface area contributed by atoms with Crippen LogP contribution in [0.2, 0.25) is 0 Å². The predicted octanol–water partition coefficient (Wildman–Crippen LogP) is 2.79. The van der Waals surface area contributed by atoms with Crippen molar-refractivity contribution in [3.63, 3.8) is 0 Å². The molecule has 1 rings (SSSR count). The van der Waals surface area contributed by atoms with Gasteiger partial charge in [-0.05, 0) is 39.3 Å². The highest BCUT2D eigenvalue weighted by atomic mass is 16.5. The van der Waals surface area contributed by atoms with Gasteiger partial charge >= 0.3 is 0 Å². The SMILES string of the molecule is CCC(C)(C)OC(CN)c1ccc(C)o1. The van der Waals surface area contributed by atoms with E-state index in [1.54, 1.807) is 0 Å². The van der Waals surface area contributed by atoms with Gasteiger partial charge in [0.1, 0.15) is 17.6 Å². The molecule has 0 aliphatic carbocycles. The standard InChI is InChI=1S/C12H21NO2/c1-5-12(3,4)15-11(8-13)10-7-6-9(2)14-10/h6-7,11H,5,8,13H2,1-4H3. The number of aryl methyl sites for hydroxylation is 1. The van der Waals surface area contributed by atoms with E-state index in [-0.39, 0.29) is 11.7 Å². The van der Waals surface area contributed by atoms with Crippen LogP contribution in [0.4, 0.5) is 0 Å². The normalized spacial score (nSPS) is 14.2. The van der Waals surface area contributed by atoms with Crippen LogP contribution >= 0.6 is 0 Å². The molecule has 0 saturated carbocycles. The zero-order valence-electron chi connectivity index (χ0n) is 10.0. The minimum absolute atomic E-state index is 0.145. The van der Waals surface area contributed by atoms with Crippen molar-refractivity contribution < 1.29 is 9.15 Å². The van der Waals surface area contributed by atoms with Crippen LogP contribution in [-0.2, 0) is 4.74 Å². The first-order valence-corrected chi connectivity index (χ1v) is 5.42. The van der Waals surface area contributed by atoms with Gasteiger partial charge in [-0.15, -0.1) is 0 Å². The molecule has 1 aromatic heterocycles. The average Bonchev–Trinajstić information content (AvgIpc) is 2.61. The Morgan fingerprint density at radius 1 is 1.47 bits per heavy atom. The Balaban J connectivity index is 2.72. The minimum Gasteiger partial charge on any atom is -0.464 e. The summed E-state index contributed by atoms with van der Waals surface area (Å²) in [6.07, 6.45) is 0.803. The molecule has 0 amide bonds. The Hall–Kier alpha value is -0.800. The average molecular weight is 211 g/mol. The smallest absolute Gasteiger partial charge is 0.134 e. The molecule has 0 bridgehead atoms. The summed E-state index contributed by atoms with van der Waals surface area (Å²) >= 11 is 0. The molecule has 0 aliphatic heterocycles. The van der Waals surface area contributed by atoms with Crippen molar-refractivity contribution in [2.45, 2.75) is 45.8 Å². The van der Waals surface area contributed by atoms with Gasteiger partial charge in [0.25, 0.3) is 0 Å². The third-order valence-corrected chi connectivity index (χ3v) is 2.61. The van der Waals surface area contributed by atoms with E-state index < -0.39 is 0 Å². The van der Waals surface area contributed by atoms with Crippen LogP contribution in [0.3, 0.4) is 0 Å². The fourth-order valence-electron chi connectivity index (χ4n) is 1.32. The quantitative estimate of drug-likeness (QED) is 0.814. The molecule has 0 radical (unpaired) electrons. The first-order chi connectivity index (χ1) is 6.98. The van der Waals surface area contributed by atoms with Crippen molar-refractivity contribution in [2.75, 3.05) is 6.54 Å². The number of nitrogens with two attached hydrogens (primary N) is 1. The Bertz CT molecular complexity index is 304. The maximum absolute atomic E-state index is 5.92. The maximum Gasteiger partial charge on any atom is 0.134 e. The lowest BCUT2D eigenvalue weighted by Crippen LogP contribution is -2.29. The second-order valence-corrected chi connectivity index (χ2v) is 4.40. The van der Waals surface area contributed by atoms with Crippen molar-refractivity contribution in [3.8, 4) is 0 Å². The topological polar surface area (TPSA) is 48.4 Å². The van der Waals surface area contributed by atoms with E-state index in [9.17, 15) is 0 Å². The lowest BCUT2D eigenvalue weighted by molar-refractivity contribution is -0.0792. The molecule has 1 atom stereocenters. The second-order valence-electron chi connectivity index (χ2n) is 4.40. The number of rotatable bonds is 5. The Labute approximate surface area is 91.6 Å². The van der Waals surface area contributed by atoms with E-state index in [2.05, 4.69) is 20.8 Å². The van der Waals surface area contributed by atoms with Crippen molar-refractivity contribution in [2.24, 2.45) is 5.73 Å². The third kappa shape index (κ3) is 3.36. The monoisotopic (exact) mass is 211 g/mol. The largest absolute Gasteiger partial charge is 0.464 e. The van der Waals surface area contributed by atoms with E-state index in [0.29, 0.717) is 6.54 Å². The number of hydrogen-bond donors (Lipinski definition) is 1. The fraction of sp³-hybridized carbons (Fsp3) is 0.667. The van der Waals surface area contributed by atoms with Crippen LogP contribution in [0.5, 0.6) is 0 Å². The van der Waals surface area contributed by atoms with Crippen molar-refractivity contribution in [1.82, 2.24) is 0 Å². The molecule has 0 spiro atoms. The van der Waals surface area contributed by atoms with E-state index in [1.807, 2.05) is 19.1 Å². The lowest BCUT2D eigenvalue weighted by atomic mass is 10.1. The number of furan rings is 1. The molecule has 1 heterocycles. The van der Waals surface area contributed by atoms with Crippen molar-refractivity contribution in [1.29, 1.82) is 0 Å². The highest BCUT2D eigenvalue weighted by Gasteiger charge is 2.24. The van der Waals surface area contributed by atoms with Gasteiger partial charge in [0, 0.05) is 6.54 Å². The maximum atomic E-state index is 5.92. The zero-order chi connectivity index (χ0) is 11.5. The first kappa shape index (κ1) is 12.3. The first-order valence-electron chi connectivity index (χ1n) is 5.42. The predicted molar refractivity (Wildman–Crippen MR) is 60.7 cm³/mol. The lowest BCUT2D eigenvalue weighted by Gasteiger charge is -2.28. The van der Waals surface area contributed by atoms with Crippen LogP contribution < -0.4 is 5.73 Å². The highest BCUT2D eigenvalue weighted by Crippen LogP contribution is 2.26. The Morgan fingerprint density at radius 3 is 2.53 bits per heavy atom. The Morgan fingerprint density at radius 2 is 2.13 bits per heavy atom. The molecular weight excluding hydrogens is 190 g/mol. The zero-order valence-corrected chi connectivity index (χ0v) is 10.0. The summed E-state index contributed by atoms with van der Waals surface area (Å²) in [5.41, 5.74) is 5.53. The number of ether oxygens (including phenoxy) is 1. The number of hydrogen-bond acceptors (Lipinski definition) is 3. The van der Waals surface area contributed by atoms with Gasteiger partial charge in [0.2, 0.25) is 0 Å².